The summed E-state index contributed by atoms with van der Waals surface area (Å²) in [5.74, 6) is -1.21. The van der Waals surface area contributed by atoms with Gasteiger partial charge in [0.25, 0.3) is 5.91 Å². The molecule has 1 aliphatic rings. The van der Waals surface area contributed by atoms with Crippen molar-refractivity contribution in [3.63, 3.8) is 0 Å². The molecular weight excluding hydrogens is 334 g/mol. The Hall–Kier alpha value is -2.67. The van der Waals surface area contributed by atoms with Crippen molar-refractivity contribution in [2.75, 3.05) is 19.8 Å². The second-order valence-corrected chi connectivity index (χ2v) is 6.77. The van der Waals surface area contributed by atoms with Crippen LogP contribution in [0.3, 0.4) is 0 Å². The van der Waals surface area contributed by atoms with Gasteiger partial charge in [0.15, 0.2) is 0 Å². The Labute approximate surface area is 152 Å². The third-order valence-corrected chi connectivity index (χ3v) is 4.99. The second-order valence-electron chi connectivity index (χ2n) is 6.77. The maximum absolute atomic E-state index is 12.6. The predicted molar refractivity (Wildman–Crippen MR) is 95.5 cm³/mol. The Morgan fingerprint density at radius 1 is 1.31 bits per heavy atom. The van der Waals surface area contributed by atoms with Gasteiger partial charge in [0, 0.05) is 19.8 Å². The molecule has 0 unspecified atom stereocenters. The van der Waals surface area contributed by atoms with E-state index in [-0.39, 0.29) is 12.5 Å². The zero-order valence-electron chi connectivity index (χ0n) is 15.0. The number of carboxylic acid groups (broad SMARTS) is 1. The van der Waals surface area contributed by atoms with Crippen LogP contribution in [0.15, 0.2) is 30.5 Å². The first-order valence-corrected chi connectivity index (χ1v) is 8.64. The molecule has 0 atom stereocenters. The lowest BCUT2D eigenvalue weighted by molar-refractivity contribution is -0.154. The van der Waals surface area contributed by atoms with E-state index in [4.69, 9.17) is 4.74 Å². The molecule has 7 nitrogen and oxygen atoms in total. The van der Waals surface area contributed by atoms with E-state index in [1.165, 1.54) is 6.20 Å². The number of aromatic nitrogens is 2. The topological polar surface area (TPSA) is 93.5 Å². The molecule has 1 aliphatic heterocycles. The van der Waals surface area contributed by atoms with Gasteiger partial charge < -0.3 is 15.2 Å². The molecule has 1 fully saturated rings. The van der Waals surface area contributed by atoms with Crippen LogP contribution >= 0.6 is 0 Å². The number of ether oxygens (including phenoxy) is 1. The summed E-state index contributed by atoms with van der Waals surface area (Å²) in [4.78, 5) is 24.3. The molecule has 1 amide bonds. The molecule has 7 heteroatoms. The van der Waals surface area contributed by atoms with E-state index < -0.39 is 11.4 Å². The summed E-state index contributed by atoms with van der Waals surface area (Å²) < 4.78 is 6.97. The summed E-state index contributed by atoms with van der Waals surface area (Å²) >= 11 is 0. The Morgan fingerprint density at radius 3 is 2.69 bits per heavy atom. The highest BCUT2D eigenvalue weighted by Crippen LogP contribution is 2.30. The monoisotopic (exact) mass is 357 g/mol. The minimum Gasteiger partial charge on any atom is -0.481 e. The van der Waals surface area contributed by atoms with Crippen LogP contribution in [0.5, 0.6) is 0 Å². The number of amides is 1. The molecule has 0 bridgehead atoms. The SMILES string of the molecule is Cc1cccc(-n2ncc(C(=O)NCC3(C(=O)O)CCOCC3)c2C)c1. The van der Waals surface area contributed by atoms with Crippen LogP contribution in [0.1, 0.15) is 34.5 Å². The number of carboxylic acids is 1. The normalized spacial score (nSPS) is 16.2. The number of rotatable bonds is 5. The lowest BCUT2D eigenvalue weighted by Gasteiger charge is -2.33. The Morgan fingerprint density at radius 2 is 2.04 bits per heavy atom. The first-order chi connectivity index (χ1) is 12.4. The predicted octanol–water partition coefficient (Wildman–Crippen LogP) is 2.10. The van der Waals surface area contributed by atoms with Gasteiger partial charge in [-0.2, -0.15) is 5.10 Å². The van der Waals surface area contributed by atoms with Crippen molar-refractivity contribution in [1.82, 2.24) is 15.1 Å². The molecule has 1 saturated heterocycles. The minimum absolute atomic E-state index is 0.0829. The van der Waals surface area contributed by atoms with Gasteiger partial charge in [-0.3, -0.25) is 9.59 Å². The van der Waals surface area contributed by atoms with Crippen molar-refractivity contribution in [2.45, 2.75) is 26.7 Å². The van der Waals surface area contributed by atoms with Crippen molar-refractivity contribution in [3.05, 3.63) is 47.3 Å². The van der Waals surface area contributed by atoms with Gasteiger partial charge in [0.2, 0.25) is 0 Å². The number of carbonyl (C=O) groups excluding carboxylic acids is 1. The van der Waals surface area contributed by atoms with E-state index in [9.17, 15) is 14.7 Å². The lowest BCUT2D eigenvalue weighted by Crippen LogP contribution is -2.46. The number of hydrogen-bond acceptors (Lipinski definition) is 4. The van der Waals surface area contributed by atoms with E-state index in [2.05, 4.69) is 10.4 Å². The van der Waals surface area contributed by atoms with Gasteiger partial charge >= 0.3 is 5.97 Å². The number of aliphatic carboxylic acids is 1. The molecule has 0 radical (unpaired) electrons. The van der Waals surface area contributed by atoms with Crippen LogP contribution < -0.4 is 5.32 Å². The Balaban J connectivity index is 1.75. The lowest BCUT2D eigenvalue weighted by atomic mass is 9.80. The quantitative estimate of drug-likeness (QED) is 0.855. The van der Waals surface area contributed by atoms with Crippen LogP contribution in [-0.2, 0) is 9.53 Å². The van der Waals surface area contributed by atoms with Gasteiger partial charge in [-0.1, -0.05) is 12.1 Å². The molecule has 0 aliphatic carbocycles. The molecule has 138 valence electrons. The van der Waals surface area contributed by atoms with Crippen LogP contribution in [0.25, 0.3) is 5.69 Å². The number of nitrogens with one attached hydrogen (secondary N) is 1. The summed E-state index contributed by atoms with van der Waals surface area (Å²) in [7, 11) is 0. The largest absolute Gasteiger partial charge is 0.481 e. The fourth-order valence-electron chi connectivity index (χ4n) is 3.23. The van der Waals surface area contributed by atoms with Gasteiger partial charge in [0.1, 0.15) is 0 Å². The standard InChI is InChI=1S/C19H23N3O4/c1-13-4-3-5-15(10-13)22-14(2)16(11-21-22)17(23)20-12-19(18(24)25)6-8-26-9-7-19/h3-5,10-11H,6-9,12H2,1-2H3,(H,20,23)(H,24,25). The number of carbonyl (C=O) groups is 2. The summed E-state index contributed by atoms with van der Waals surface area (Å²) in [6, 6.07) is 7.85. The maximum Gasteiger partial charge on any atom is 0.311 e. The average molecular weight is 357 g/mol. The van der Waals surface area contributed by atoms with E-state index in [0.29, 0.717) is 37.3 Å². The smallest absolute Gasteiger partial charge is 0.311 e. The molecule has 2 aromatic rings. The fourth-order valence-corrected chi connectivity index (χ4v) is 3.23. The van der Waals surface area contributed by atoms with Gasteiger partial charge in [-0.05, 0) is 44.4 Å². The van der Waals surface area contributed by atoms with Crippen molar-refractivity contribution in [1.29, 1.82) is 0 Å². The zero-order valence-corrected chi connectivity index (χ0v) is 15.0. The molecule has 0 spiro atoms. The molecule has 26 heavy (non-hydrogen) atoms. The minimum atomic E-state index is -0.964. The van der Waals surface area contributed by atoms with Crippen molar-refractivity contribution < 1.29 is 19.4 Å². The zero-order chi connectivity index (χ0) is 18.7. The molecule has 2 heterocycles. The average Bonchev–Trinajstić information content (AvgIpc) is 3.02. The second kappa shape index (κ2) is 7.29. The molecule has 3 rings (SSSR count). The number of hydrogen-bond donors (Lipinski definition) is 2. The number of nitrogens with zero attached hydrogens (tertiary/aromatic N) is 2. The molecular formula is C19H23N3O4. The fraction of sp³-hybridized carbons (Fsp3) is 0.421. The Bertz CT molecular complexity index is 822. The third kappa shape index (κ3) is 3.48. The van der Waals surface area contributed by atoms with Gasteiger partial charge in [-0.15, -0.1) is 0 Å². The highest BCUT2D eigenvalue weighted by Gasteiger charge is 2.40. The van der Waals surface area contributed by atoms with E-state index in [1.54, 1.807) is 4.68 Å². The molecule has 0 saturated carbocycles. The number of benzene rings is 1. The van der Waals surface area contributed by atoms with Crippen LogP contribution in [0, 0.1) is 19.3 Å². The first kappa shape index (κ1) is 18.1. The molecule has 1 aromatic carbocycles. The van der Waals surface area contributed by atoms with Crippen molar-refractivity contribution >= 4 is 11.9 Å². The summed E-state index contributed by atoms with van der Waals surface area (Å²) in [6.07, 6.45) is 2.30. The van der Waals surface area contributed by atoms with Crippen molar-refractivity contribution in [3.8, 4) is 5.69 Å². The summed E-state index contributed by atoms with van der Waals surface area (Å²) in [5, 5.41) is 16.7. The van der Waals surface area contributed by atoms with Gasteiger partial charge in [0.05, 0.1) is 28.6 Å². The highest BCUT2D eigenvalue weighted by atomic mass is 16.5. The van der Waals surface area contributed by atoms with Crippen LogP contribution in [0.4, 0.5) is 0 Å². The third-order valence-electron chi connectivity index (χ3n) is 4.99. The highest BCUT2D eigenvalue weighted by molar-refractivity contribution is 5.95. The molecule has 1 aromatic heterocycles. The Kier molecular flexibility index (Phi) is 5.08. The maximum atomic E-state index is 12.6. The summed E-state index contributed by atoms with van der Waals surface area (Å²) in [6.45, 7) is 4.69. The van der Waals surface area contributed by atoms with E-state index >= 15 is 0 Å². The van der Waals surface area contributed by atoms with E-state index in [0.717, 1.165) is 11.3 Å². The first-order valence-electron chi connectivity index (χ1n) is 8.64. The van der Waals surface area contributed by atoms with Crippen LogP contribution in [-0.4, -0.2) is 46.5 Å². The van der Waals surface area contributed by atoms with Crippen molar-refractivity contribution in [2.24, 2.45) is 5.41 Å². The summed E-state index contributed by atoms with van der Waals surface area (Å²) in [5.41, 5.74) is 2.18. The van der Waals surface area contributed by atoms with E-state index in [1.807, 2.05) is 38.1 Å². The molecule has 2 N–H and O–H groups in total. The number of aryl methyl sites for hydroxylation is 1. The van der Waals surface area contributed by atoms with Crippen LogP contribution in [0.2, 0.25) is 0 Å². The van der Waals surface area contributed by atoms with Gasteiger partial charge in [-0.25, -0.2) is 4.68 Å².